The van der Waals surface area contributed by atoms with Crippen molar-refractivity contribution in [2.45, 2.75) is 64.5 Å². The molecular formula is C21H26N2O5. The number of unbranched alkanes of at least 4 members (excludes halogenated alkanes) is 1. The molecule has 1 saturated carbocycles. The average Bonchev–Trinajstić information content (AvgIpc) is 3.27. The largest absolute Gasteiger partial charge is 0.449 e. The molecule has 0 aromatic heterocycles. The highest BCUT2D eigenvalue weighted by molar-refractivity contribution is 6.22. The Labute approximate surface area is 164 Å². The summed E-state index contributed by atoms with van der Waals surface area (Å²) in [5, 5.41) is 2.89. The number of amides is 3. The Hall–Kier alpha value is -2.70. The molecule has 1 heterocycles. The van der Waals surface area contributed by atoms with E-state index >= 15 is 0 Å². The van der Waals surface area contributed by atoms with E-state index in [1.807, 2.05) is 6.92 Å². The zero-order chi connectivity index (χ0) is 20.3. The highest BCUT2D eigenvalue weighted by Gasteiger charge is 2.35. The van der Waals surface area contributed by atoms with Crippen molar-refractivity contribution in [1.29, 1.82) is 0 Å². The molecule has 0 unspecified atom stereocenters. The number of benzene rings is 1. The highest BCUT2D eigenvalue weighted by Crippen LogP contribution is 2.25. The van der Waals surface area contributed by atoms with Gasteiger partial charge in [-0.3, -0.25) is 19.3 Å². The predicted octanol–water partition coefficient (Wildman–Crippen LogP) is 2.69. The van der Waals surface area contributed by atoms with Gasteiger partial charge in [-0.2, -0.15) is 0 Å². The predicted molar refractivity (Wildman–Crippen MR) is 102 cm³/mol. The van der Waals surface area contributed by atoms with Crippen LogP contribution in [0.5, 0.6) is 0 Å². The summed E-state index contributed by atoms with van der Waals surface area (Å²) in [4.78, 5) is 50.7. The van der Waals surface area contributed by atoms with E-state index in [-0.39, 0.29) is 29.0 Å². The first-order valence-electron chi connectivity index (χ1n) is 9.94. The maximum absolute atomic E-state index is 12.5. The summed E-state index contributed by atoms with van der Waals surface area (Å²) in [6, 6.07) is 4.45. The van der Waals surface area contributed by atoms with Crippen LogP contribution in [0.1, 0.15) is 83.4 Å². The standard InChI is InChI=1S/C21H26N2O5/c1-3-4-11-23-19(25)16-10-9-14(12-17(16)20(23)26)21(27)28-13(2)18(24)22-15-7-5-6-8-15/h9-10,12-13,15H,3-8,11H2,1-2H3,(H,22,24)/t13-/m0/s1. The number of imide groups is 1. The molecule has 3 amide bonds. The fourth-order valence-corrected chi connectivity index (χ4v) is 3.61. The van der Waals surface area contributed by atoms with Crippen LogP contribution in [0.25, 0.3) is 0 Å². The first kappa shape index (κ1) is 20.0. The van der Waals surface area contributed by atoms with Crippen molar-refractivity contribution < 1.29 is 23.9 Å². The number of nitrogens with one attached hydrogen (secondary N) is 1. The molecule has 1 fully saturated rings. The number of ether oxygens (including phenoxy) is 1. The summed E-state index contributed by atoms with van der Waals surface area (Å²) in [6.07, 6.45) is 4.75. The number of nitrogens with zero attached hydrogens (tertiary/aromatic N) is 1. The summed E-state index contributed by atoms with van der Waals surface area (Å²) in [6.45, 7) is 3.87. The first-order valence-corrected chi connectivity index (χ1v) is 9.94. The molecular weight excluding hydrogens is 360 g/mol. The molecule has 7 nitrogen and oxygen atoms in total. The van der Waals surface area contributed by atoms with Crippen molar-refractivity contribution in [2.24, 2.45) is 0 Å². The third-order valence-electron chi connectivity index (χ3n) is 5.30. The van der Waals surface area contributed by atoms with Gasteiger partial charge in [-0.25, -0.2) is 4.79 Å². The molecule has 1 N–H and O–H groups in total. The maximum Gasteiger partial charge on any atom is 0.338 e. The Balaban J connectivity index is 1.65. The third kappa shape index (κ3) is 4.08. The summed E-state index contributed by atoms with van der Waals surface area (Å²) in [5.74, 6) is -1.74. The molecule has 0 radical (unpaired) electrons. The molecule has 1 aromatic carbocycles. The lowest BCUT2D eigenvalue weighted by Crippen LogP contribution is -2.40. The number of esters is 1. The van der Waals surface area contributed by atoms with E-state index in [1.54, 1.807) is 0 Å². The molecule has 1 atom stereocenters. The van der Waals surface area contributed by atoms with Crippen LogP contribution in [0.4, 0.5) is 0 Å². The van der Waals surface area contributed by atoms with E-state index in [0.29, 0.717) is 12.1 Å². The van der Waals surface area contributed by atoms with Crippen molar-refractivity contribution in [3.63, 3.8) is 0 Å². The van der Waals surface area contributed by atoms with Gasteiger partial charge in [0.15, 0.2) is 6.10 Å². The minimum Gasteiger partial charge on any atom is -0.449 e. The zero-order valence-corrected chi connectivity index (χ0v) is 16.3. The van der Waals surface area contributed by atoms with E-state index in [0.717, 1.165) is 38.5 Å². The second kappa shape index (κ2) is 8.54. The van der Waals surface area contributed by atoms with E-state index in [4.69, 9.17) is 4.74 Å². The van der Waals surface area contributed by atoms with Crippen molar-refractivity contribution in [1.82, 2.24) is 10.2 Å². The smallest absolute Gasteiger partial charge is 0.338 e. The Morgan fingerprint density at radius 1 is 1.18 bits per heavy atom. The molecule has 150 valence electrons. The van der Waals surface area contributed by atoms with Crippen LogP contribution in [-0.4, -0.2) is 47.3 Å². The highest BCUT2D eigenvalue weighted by atomic mass is 16.5. The molecule has 2 aliphatic rings. The summed E-state index contributed by atoms with van der Waals surface area (Å²) in [5.41, 5.74) is 0.654. The van der Waals surface area contributed by atoms with E-state index in [2.05, 4.69) is 5.32 Å². The third-order valence-corrected chi connectivity index (χ3v) is 5.30. The van der Waals surface area contributed by atoms with E-state index in [1.165, 1.54) is 30.0 Å². The van der Waals surface area contributed by atoms with Gasteiger partial charge < -0.3 is 10.1 Å². The van der Waals surface area contributed by atoms with Gasteiger partial charge in [0.2, 0.25) is 0 Å². The van der Waals surface area contributed by atoms with Crippen LogP contribution in [0.3, 0.4) is 0 Å². The second-order valence-electron chi connectivity index (χ2n) is 7.41. The van der Waals surface area contributed by atoms with Crippen molar-refractivity contribution in [2.75, 3.05) is 6.54 Å². The lowest BCUT2D eigenvalue weighted by molar-refractivity contribution is -0.129. The Bertz CT molecular complexity index is 798. The van der Waals surface area contributed by atoms with Crippen LogP contribution in [0.15, 0.2) is 18.2 Å². The molecule has 0 bridgehead atoms. The zero-order valence-electron chi connectivity index (χ0n) is 16.3. The quantitative estimate of drug-likeness (QED) is 0.574. The minimum atomic E-state index is -0.931. The molecule has 0 spiro atoms. The number of hydrogen-bond donors (Lipinski definition) is 1. The van der Waals surface area contributed by atoms with Gasteiger partial charge in [-0.15, -0.1) is 0 Å². The van der Waals surface area contributed by atoms with E-state index < -0.39 is 18.0 Å². The van der Waals surface area contributed by atoms with Crippen molar-refractivity contribution in [3.8, 4) is 0 Å². The van der Waals surface area contributed by atoms with Gasteiger partial charge in [0.1, 0.15) is 0 Å². The average molecular weight is 386 g/mol. The van der Waals surface area contributed by atoms with Crippen molar-refractivity contribution >= 4 is 23.7 Å². The lowest BCUT2D eigenvalue weighted by Gasteiger charge is -2.17. The Morgan fingerprint density at radius 3 is 2.54 bits per heavy atom. The SMILES string of the molecule is CCCCN1C(=O)c2ccc(C(=O)O[C@@H](C)C(=O)NC3CCCC3)cc2C1=O. The molecule has 0 saturated heterocycles. The fourth-order valence-electron chi connectivity index (χ4n) is 3.61. The van der Waals surface area contributed by atoms with Crippen LogP contribution < -0.4 is 5.32 Å². The molecule has 3 rings (SSSR count). The number of carbonyl (C=O) groups is 4. The van der Waals surface area contributed by atoms with Crippen LogP contribution >= 0.6 is 0 Å². The first-order chi connectivity index (χ1) is 13.4. The van der Waals surface area contributed by atoms with Gasteiger partial charge in [0, 0.05) is 12.6 Å². The molecule has 1 aromatic rings. The van der Waals surface area contributed by atoms with Gasteiger partial charge >= 0.3 is 5.97 Å². The number of hydrogen-bond acceptors (Lipinski definition) is 5. The normalized spacial score (nSPS) is 17.6. The molecule has 7 heteroatoms. The van der Waals surface area contributed by atoms with E-state index in [9.17, 15) is 19.2 Å². The molecule has 1 aliphatic heterocycles. The van der Waals surface area contributed by atoms with Gasteiger partial charge in [-0.1, -0.05) is 26.2 Å². The number of carbonyl (C=O) groups excluding carboxylic acids is 4. The van der Waals surface area contributed by atoms with Gasteiger partial charge in [0.25, 0.3) is 17.7 Å². The topological polar surface area (TPSA) is 92.8 Å². The van der Waals surface area contributed by atoms with Gasteiger partial charge in [-0.05, 0) is 44.4 Å². The number of fused-ring (bicyclic) bond motifs is 1. The minimum absolute atomic E-state index is 0.145. The molecule has 1 aliphatic carbocycles. The van der Waals surface area contributed by atoms with Crippen LogP contribution in [0, 0.1) is 0 Å². The van der Waals surface area contributed by atoms with Crippen molar-refractivity contribution in [3.05, 3.63) is 34.9 Å². The summed E-state index contributed by atoms with van der Waals surface area (Å²) in [7, 11) is 0. The van der Waals surface area contributed by atoms with Gasteiger partial charge in [0.05, 0.1) is 16.7 Å². The monoisotopic (exact) mass is 386 g/mol. The fraction of sp³-hybridized carbons (Fsp3) is 0.524. The summed E-state index contributed by atoms with van der Waals surface area (Å²) >= 11 is 0. The Kier molecular flexibility index (Phi) is 6.11. The second-order valence-corrected chi connectivity index (χ2v) is 7.41. The van der Waals surface area contributed by atoms with Crippen LogP contribution in [-0.2, 0) is 9.53 Å². The van der Waals surface area contributed by atoms with Crippen LogP contribution in [0.2, 0.25) is 0 Å². The lowest BCUT2D eigenvalue weighted by atomic mass is 10.1. The number of rotatable bonds is 7. The Morgan fingerprint density at radius 2 is 1.86 bits per heavy atom. The molecule has 28 heavy (non-hydrogen) atoms. The summed E-state index contributed by atoms with van der Waals surface area (Å²) < 4.78 is 5.26. The maximum atomic E-state index is 12.5.